The number of amides is 2. The Balaban J connectivity index is 1.14. The number of aryl methyl sites for hydroxylation is 1. The van der Waals surface area contributed by atoms with Gasteiger partial charge in [-0.3, -0.25) is 9.59 Å². The van der Waals surface area contributed by atoms with Crippen molar-refractivity contribution in [3.8, 4) is 11.4 Å². The highest BCUT2D eigenvalue weighted by Crippen LogP contribution is 2.30. The van der Waals surface area contributed by atoms with Crippen molar-refractivity contribution >= 4 is 46.0 Å². The van der Waals surface area contributed by atoms with Gasteiger partial charge in [0.25, 0.3) is 0 Å². The molecule has 2 aromatic heterocycles. The van der Waals surface area contributed by atoms with Crippen molar-refractivity contribution in [2.24, 2.45) is 7.05 Å². The van der Waals surface area contributed by atoms with Crippen molar-refractivity contribution in [3.05, 3.63) is 78.1 Å². The summed E-state index contributed by atoms with van der Waals surface area (Å²) in [5, 5.41) is 21.0. The Kier molecular flexibility index (Phi) is 6.45. The second kappa shape index (κ2) is 10.2. The molecule has 1 N–H and O–H groups in total. The summed E-state index contributed by atoms with van der Waals surface area (Å²) in [4.78, 5) is 28.2. The second-order valence-corrected chi connectivity index (χ2v) is 9.97. The van der Waals surface area contributed by atoms with E-state index in [-0.39, 0.29) is 30.7 Å². The number of hydrogen-bond donors (Lipinski definition) is 1. The lowest BCUT2D eigenvalue weighted by atomic mass is 10.2. The Bertz CT molecular complexity index is 1680. The van der Waals surface area contributed by atoms with Crippen molar-refractivity contribution in [2.45, 2.75) is 18.7 Å². The molecule has 0 saturated heterocycles. The topological polar surface area (TPSA) is 120 Å². The maximum atomic E-state index is 13.0. The number of fused-ring (bicyclic) bond motifs is 2. The fraction of sp³-hybridized carbons (Fsp3) is 0.185. The van der Waals surface area contributed by atoms with Crippen molar-refractivity contribution in [3.63, 3.8) is 0 Å². The van der Waals surface area contributed by atoms with Crippen LogP contribution in [0, 0.1) is 6.92 Å². The van der Waals surface area contributed by atoms with E-state index >= 15 is 0 Å². The van der Waals surface area contributed by atoms with Crippen LogP contribution in [0.5, 0.6) is 5.75 Å². The number of ether oxygens (including phenoxy) is 1. The molecule has 1 aliphatic rings. The lowest BCUT2D eigenvalue weighted by Gasteiger charge is -2.28. The summed E-state index contributed by atoms with van der Waals surface area (Å²) in [5.41, 5.74) is 4.67. The molecule has 6 rings (SSSR count). The highest BCUT2D eigenvalue weighted by molar-refractivity contribution is 7.99. The van der Waals surface area contributed by atoms with E-state index in [1.165, 1.54) is 16.7 Å². The molecule has 0 fully saturated rings. The molecule has 0 unspecified atom stereocenters. The lowest BCUT2D eigenvalue weighted by molar-refractivity contribution is -0.120. The molecule has 5 aromatic rings. The number of nitrogens with one attached hydrogen (secondary N) is 1. The first-order chi connectivity index (χ1) is 19.0. The van der Waals surface area contributed by atoms with Gasteiger partial charge in [-0.15, -0.1) is 25.2 Å². The summed E-state index contributed by atoms with van der Waals surface area (Å²) in [5.74, 6) is 0.897. The Morgan fingerprint density at radius 3 is 2.54 bits per heavy atom. The van der Waals surface area contributed by atoms with E-state index in [0.29, 0.717) is 28.1 Å². The first-order valence-corrected chi connectivity index (χ1v) is 13.2. The van der Waals surface area contributed by atoms with Gasteiger partial charge in [0, 0.05) is 7.05 Å². The van der Waals surface area contributed by atoms with Gasteiger partial charge < -0.3 is 19.5 Å². The van der Waals surface area contributed by atoms with Crippen LogP contribution in [-0.2, 0) is 23.2 Å². The van der Waals surface area contributed by atoms with E-state index in [1.807, 2.05) is 74.6 Å². The highest BCUT2D eigenvalue weighted by atomic mass is 32.2. The average Bonchev–Trinajstić information content (AvgIpc) is 3.53. The minimum Gasteiger partial charge on any atom is -0.483 e. The Morgan fingerprint density at radius 1 is 1.00 bits per heavy atom. The number of aromatic nitrogens is 6. The number of anilines is 2. The van der Waals surface area contributed by atoms with Gasteiger partial charge in [0.1, 0.15) is 35.6 Å². The van der Waals surface area contributed by atoms with Crippen molar-refractivity contribution < 1.29 is 14.3 Å². The number of para-hydroxylation sites is 2. The second-order valence-electron chi connectivity index (χ2n) is 9.03. The van der Waals surface area contributed by atoms with Gasteiger partial charge in [0.15, 0.2) is 11.0 Å². The predicted octanol–water partition coefficient (Wildman–Crippen LogP) is 3.51. The van der Waals surface area contributed by atoms with Gasteiger partial charge in [0.2, 0.25) is 11.8 Å². The van der Waals surface area contributed by atoms with Crippen LogP contribution in [-0.4, -0.2) is 53.9 Å². The van der Waals surface area contributed by atoms with Crippen LogP contribution in [0.15, 0.2) is 71.9 Å². The molecule has 196 valence electrons. The monoisotopic (exact) mass is 540 g/mol. The third-order valence-electron chi connectivity index (χ3n) is 6.29. The number of hydrogen-bond acceptors (Lipinski definition) is 8. The average molecular weight is 541 g/mol. The van der Waals surface area contributed by atoms with Gasteiger partial charge in [-0.1, -0.05) is 42.1 Å². The fourth-order valence-corrected chi connectivity index (χ4v) is 5.08. The quantitative estimate of drug-likeness (QED) is 0.312. The molecule has 3 heterocycles. The van der Waals surface area contributed by atoms with E-state index in [0.717, 1.165) is 22.3 Å². The largest absolute Gasteiger partial charge is 0.483 e. The Hall–Kier alpha value is -4.71. The van der Waals surface area contributed by atoms with Crippen LogP contribution in [0.4, 0.5) is 11.4 Å². The first-order valence-electron chi connectivity index (χ1n) is 12.2. The van der Waals surface area contributed by atoms with Gasteiger partial charge in [-0.25, -0.2) is 0 Å². The third kappa shape index (κ3) is 4.93. The summed E-state index contributed by atoms with van der Waals surface area (Å²) in [7, 11) is 1.83. The zero-order chi connectivity index (χ0) is 26.9. The zero-order valence-electron chi connectivity index (χ0n) is 21.2. The molecule has 1 aliphatic heterocycles. The first kappa shape index (κ1) is 24.6. The normalized spacial score (nSPS) is 12.9. The molecule has 39 heavy (non-hydrogen) atoms. The molecule has 0 saturated carbocycles. The molecule has 0 aliphatic carbocycles. The van der Waals surface area contributed by atoms with Crippen LogP contribution in [0.3, 0.4) is 0 Å². The van der Waals surface area contributed by atoms with E-state index in [9.17, 15) is 9.59 Å². The molecular formula is C27H24N8O3S. The van der Waals surface area contributed by atoms with Gasteiger partial charge in [-0.2, -0.15) is 0 Å². The zero-order valence-corrected chi connectivity index (χ0v) is 22.1. The molecule has 0 radical (unpaired) electrons. The Morgan fingerprint density at radius 2 is 1.74 bits per heavy atom. The standard InChI is InChI=1S/C27H24N8O3S/c1-17-11-12-23(22(13-17)35-31-18-7-3-4-8-19(18)32-35)38-15-24-29-30-27(33(24)2)39-16-26(37)34-14-25(36)28-20-9-5-6-10-21(20)34/h3-13H,14-16H2,1-2H3,(H,28,36). The SMILES string of the molecule is Cc1ccc(OCc2nnc(SCC(=O)N3CC(=O)Nc4ccccc43)n2C)c(-n2nc3ccccc3n2)c1. The van der Waals surface area contributed by atoms with Gasteiger partial charge in [-0.05, 0) is 48.9 Å². The molecule has 0 atom stereocenters. The van der Waals surface area contributed by atoms with E-state index in [2.05, 4.69) is 25.7 Å². The molecule has 12 heteroatoms. The van der Waals surface area contributed by atoms with E-state index < -0.39 is 0 Å². The Labute approximate surface area is 227 Å². The molecule has 0 spiro atoms. The summed E-state index contributed by atoms with van der Waals surface area (Å²) in [6.45, 7) is 2.14. The van der Waals surface area contributed by atoms with Crippen LogP contribution < -0.4 is 15.0 Å². The number of rotatable bonds is 7. The molecular weight excluding hydrogens is 516 g/mol. The van der Waals surface area contributed by atoms with Gasteiger partial charge in [0.05, 0.1) is 17.1 Å². The highest BCUT2D eigenvalue weighted by Gasteiger charge is 2.27. The summed E-state index contributed by atoms with van der Waals surface area (Å²) >= 11 is 1.26. The van der Waals surface area contributed by atoms with Crippen molar-refractivity contribution in [1.82, 2.24) is 29.8 Å². The maximum absolute atomic E-state index is 13.0. The molecule has 11 nitrogen and oxygen atoms in total. The molecule has 3 aromatic carbocycles. The van der Waals surface area contributed by atoms with E-state index in [4.69, 9.17) is 4.74 Å². The van der Waals surface area contributed by atoms with Crippen LogP contribution in [0.25, 0.3) is 16.7 Å². The number of nitrogens with zero attached hydrogens (tertiary/aromatic N) is 7. The summed E-state index contributed by atoms with van der Waals surface area (Å²) in [6.07, 6.45) is 0. The molecule has 2 amide bonds. The van der Waals surface area contributed by atoms with Crippen LogP contribution in [0.2, 0.25) is 0 Å². The minimum absolute atomic E-state index is 0.0200. The lowest BCUT2D eigenvalue weighted by Crippen LogP contribution is -2.43. The van der Waals surface area contributed by atoms with Crippen molar-refractivity contribution in [1.29, 1.82) is 0 Å². The summed E-state index contributed by atoms with van der Waals surface area (Å²) < 4.78 is 7.94. The van der Waals surface area contributed by atoms with Gasteiger partial charge >= 0.3 is 0 Å². The summed E-state index contributed by atoms with van der Waals surface area (Å²) in [6, 6.07) is 20.7. The maximum Gasteiger partial charge on any atom is 0.244 e. The number of benzene rings is 3. The number of thioether (sulfide) groups is 1. The van der Waals surface area contributed by atoms with Crippen LogP contribution >= 0.6 is 11.8 Å². The third-order valence-corrected chi connectivity index (χ3v) is 7.30. The fourth-order valence-electron chi connectivity index (χ4n) is 4.27. The molecule has 0 bridgehead atoms. The van der Waals surface area contributed by atoms with Crippen LogP contribution in [0.1, 0.15) is 11.4 Å². The number of carbonyl (C=O) groups is 2. The number of carbonyl (C=O) groups excluding carboxylic acids is 2. The van der Waals surface area contributed by atoms with Crippen molar-refractivity contribution in [2.75, 3.05) is 22.5 Å². The van der Waals surface area contributed by atoms with E-state index in [1.54, 1.807) is 15.4 Å². The minimum atomic E-state index is -0.223. The predicted molar refractivity (Wildman–Crippen MR) is 147 cm³/mol. The smallest absolute Gasteiger partial charge is 0.244 e.